The summed E-state index contributed by atoms with van der Waals surface area (Å²) in [5.41, 5.74) is 1.95. The van der Waals surface area contributed by atoms with Gasteiger partial charge in [-0.15, -0.1) is 4.37 Å². The standard InChI is InChI=1S/C31H56N3O4S.ClH/c1-4-6-8-10-11-12-13-14-15-16-17-18-20-25-37-31(35)38-27-34(3)23-21-22-28(26-34)29-30(33-39-32-29)36-24-19-9-7-5-2;/h22H,4-21,23-27H2,1-3H3;1H/q+1;/p-1. The first kappa shape index (κ1) is 36.6. The molecule has 0 saturated carbocycles. The number of rotatable bonds is 23. The fraction of sp³-hybridized carbons (Fsp3) is 0.839. The first-order chi connectivity index (χ1) is 19.1. The second-order valence-corrected chi connectivity index (χ2v) is 12.0. The molecule has 1 unspecified atom stereocenters. The van der Waals surface area contributed by atoms with Gasteiger partial charge < -0.3 is 26.6 Å². The maximum atomic E-state index is 12.2. The third-order valence-corrected chi connectivity index (χ3v) is 8.08. The summed E-state index contributed by atoms with van der Waals surface area (Å²) in [5.74, 6) is 0.634. The number of aromatic nitrogens is 2. The molecule has 0 radical (unpaired) electrons. The number of ether oxygens (including phenoxy) is 3. The number of hydrogen-bond donors (Lipinski definition) is 0. The molecule has 0 bridgehead atoms. The van der Waals surface area contributed by atoms with Crippen LogP contribution in [-0.2, 0) is 9.47 Å². The molecule has 0 saturated heterocycles. The lowest BCUT2D eigenvalue weighted by atomic mass is 10.0. The molecule has 1 atom stereocenters. The first-order valence-corrected chi connectivity index (χ1v) is 16.6. The van der Waals surface area contributed by atoms with Crippen molar-refractivity contribution in [1.82, 2.24) is 8.75 Å². The van der Waals surface area contributed by atoms with Gasteiger partial charge in [0.2, 0.25) is 6.73 Å². The van der Waals surface area contributed by atoms with Crippen LogP contribution in [0.4, 0.5) is 4.79 Å². The highest BCUT2D eigenvalue weighted by molar-refractivity contribution is 6.99. The molecule has 0 N–H and O–H groups in total. The Kier molecular flexibility index (Phi) is 21.3. The molecule has 1 aliphatic heterocycles. The number of carbonyl (C=O) groups is 1. The van der Waals surface area contributed by atoms with Crippen LogP contribution in [0.1, 0.15) is 135 Å². The Hall–Kier alpha value is -1.38. The smallest absolute Gasteiger partial charge is 0.512 e. The van der Waals surface area contributed by atoms with Crippen LogP contribution in [0, 0.1) is 0 Å². The van der Waals surface area contributed by atoms with Gasteiger partial charge in [-0.05, 0) is 12.8 Å². The van der Waals surface area contributed by atoms with Gasteiger partial charge in [-0.25, -0.2) is 4.79 Å². The van der Waals surface area contributed by atoms with Crippen molar-refractivity contribution in [2.45, 2.75) is 129 Å². The van der Waals surface area contributed by atoms with Crippen molar-refractivity contribution in [3.8, 4) is 5.88 Å². The molecule has 0 aliphatic carbocycles. The fourth-order valence-corrected chi connectivity index (χ4v) is 5.61. The topological polar surface area (TPSA) is 70.5 Å². The van der Waals surface area contributed by atoms with Gasteiger partial charge in [0.1, 0.15) is 12.2 Å². The number of likely N-dealkylation sites (N-methyl/N-ethyl adjacent to an activating group) is 1. The highest BCUT2D eigenvalue weighted by Gasteiger charge is 2.31. The van der Waals surface area contributed by atoms with E-state index in [-0.39, 0.29) is 12.4 Å². The van der Waals surface area contributed by atoms with E-state index in [1.807, 2.05) is 0 Å². The zero-order valence-corrected chi connectivity index (χ0v) is 27.2. The Balaban J connectivity index is 0.00000800. The molecule has 0 aromatic carbocycles. The minimum Gasteiger partial charge on any atom is -1.00 e. The second kappa shape index (κ2) is 23.2. The summed E-state index contributed by atoms with van der Waals surface area (Å²) in [4.78, 5) is 12.2. The number of hydrogen-bond acceptors (Lipinski definition) is 7. The van der Waals surface area contributed by atoms with Gasteiger partial charge in [-0.1, -0.05) is 116 Å². The number of quaternary nitrogens is 1. The van der Waals surface area contributed by atoms with Gasteiger partial charge >= 0.3 is 6.16 Å². The van der Waals surface area contributed by atoms with Gasteiger partial charge in [0, 0.05) is 12.0 Å². The fourth-order valence-electron chi connectivity index (χ4n) is 5.08. The lowest BCUT2D eigenvalue weighted by Crippen LogP contribution is -3.00. The van der Waals surface area contributed by atoms with Crippen LogP contribution in [0.15, 0.2) is 6.08 Å². The van der Waals surface area contributed by atoms with Crippen LogP contribution in [0.2, 0.25) is 0 Å². The quantitative estimate of drug-likeness (QED) is 0.0879. The molecule has 1 aliphatic rings. The molecule has 40 heavy (non-hydrogen) atoms. The summed E-state index contributed by atoms with van der Waals surface area (Å²) >= 11 is 1.19. The third-order valence-electron chi connectivity index (χ3n) is 7.57. The predicted molar refractivity (Wildman–Crippen MR) is 161 cm³/mol. The van der Waals surface area contributed by atoms with Crippen molar-refractivity contribution in [3.05, 3.63) is 11.8 Å². The van der Waals surface area contributed by atoms with Gasteiger partial charge in [0.25, 0.3) is 5.88 Å². The summed E-state index contributed by atoms with van der Waals surface area (Å²) in [6.07, 6.45) is 24.1. The number of nitrogens with zero attached hydrogens (tertiary/aromatic N) is 3. The van der Waals surface area contributed by atoms with Gasteiger partial charge in [-0.2, -0.15) is 4.37 Å². The molecule has 0 amide bonds. The van der Waals surface area contributed by atoms with E-state index in [0.29, 0.717) is 30.3 Å². The molecule has 2 heterocycles. The van der Waals surface area contributed by atoms with Crippen molar-refractivity contribution in [1.29, 1.82) is 0 Å². The SMILES string of the molecule is CCCCCCCCCCCCCCCOC(=O)OC[N+]1(C)CCC=C(c2nsnc2OCCCCCC)C1.[Cl-]. The average Bonchev–Trinajstić information content (AvgIpc) is 3.41. The van der Waals surface area contributed by atoms with Crippen LogP contribution < -0.4 is 17.1 Å². The Bertz CT molecular complexity index is 807. The molecule has 0 spiro atoms. The van der Waals surface area contributed by atoms with Crippen molar-refractivity contribution < 1.29 is 35.9 Å². The minimum absolute atomic E-state index is 0. The number of halogens is 1. The van der Waals surface area contributed by atoms with E-state index in [4.69, 9.17) is 14.2 Å². The largest absolute Gasteiger partial charge is 1.00 e. The summed E-state index contributed by atoms with van der Waals surface area (Å²) in [6.45, 7) is 7.51. The molecule has 2 rings (SSSR count). The highest BCUT2D eigenvalue weighted by Crippen LogP contribution is 2.30. The molecule has 9 heteroatoms. The van der Waals surface area contributed by atoms with Gasteiger partial charge in [0.05, 0.1) is 38.5 Å². The van der Waals surface area contributed by atoms with E-state index in [0.717, 1.165) is 50.0 Å². The average molecular weight is 602 g/mol. The van der Waals surface area contributed by atoms with Crippen molar-refractivity contribution >= 4 is 23.5 Å². The van der Waals surface area contributed by atoms with Crippen LogP contribution in [0.3, 0.4) is 0 Å². The van der Waals surface area contributed by atoms with Crippen molar-refractivity contribution in [2.24, 2.45) is 0 Å². The lowest BCUT2D eigenvalue weighted by Gasteiger charge is -2.36. The summed E-state index contributed by atoms with van der Waals surface area (Å²) in [5, 5.41) is 0. The van der Waals surface area contributed by atoms with Crippen molar-refractivity contribution in [3.63, 3.8) is 0 Å². The third kappa shape index (κ3) is 16.2. The van der Waals surface area contributed by atoms with Crippen LogP contribution in [0.25, 0.3) is 5.57 Å². The molecule has 1 aromatic heterocycles. The lowest BCUT2D eigenvalue weighted by molar-refractivity contribution is -0.919. The zero-order chi connectivity index (χ0) is 28.0. The van der Waals surface area contributed by atoms with E-state index < -0.39 is 6.16 Å². The number of carbonyl (C=O) groups excluding carboxylic acids is 1. The van der Waals surface area contributed by atoms with Crippen LogP contribution in [-0.4, -0.2) is 59.5 Å². The van der Waals surface area contributed by atoms with E-state index in [1.165, 1.54) is 102 Å². The molecule has 232 valence electrons. The molecular formula is C31H56ClN3O4S. The Morgan fingerprint density at radius 3 is 1.98 bits per heavy atom. The molecular weight excluding hydrogens is 546 g/mol. The highest BCUT2D eigenvalue weighted by atomic mass is 35.5. The normalized spacial score (nSPS) is 16.7. The molecule has 1 aromatic rings. The summed E-state index contributed by atoms with van der Waals surface area (Å²) in [6, 6.07) is 0. The first-order valence-electron chi connectivity index (χ1n) is 15.9. The Labute approximate surface area is 254 Å². The van der Waals surface area contributed by atoms with E-state index in [2.05, 4.69) is 35.7 Å². The zero-order valence-electron chi connectivity index (χ0n) is 25.6. The van der Waals surface area contributed by atoms with E-state index in [1.54, 1.807) is 0 Å². The Morgan fingerprint density at radius 1 is 0.800 bits per heavy atom. The second-order valence-electron chi connectivity index (χ2n) is 11.5. The maximum absolute atomic E-state index is 12.2. The van der Waals surface area contributed by atoms with Crippen LogP contribution in [0.5, 0.6) is 5.88 Å². The van der Waals surface area contributed by atoms with Gasteiger partial charge in [-0.3, -0.25) is 4.48 Å². The van der Waals surface area contributed by atoms with Crippen LogP contribution >= 0.6 is 11.7 Å². The minimum atomic E-state index is -0.559. The Morgan fingerprint density at radius 2 is 1.35 bits per heavy atom. The van der Waals surface area contributed by atoms with E-state index >= 15 is 0 Å². The number of unbranched alkanes of at least 4 members (excludes halogenated alkanes) is 15. The summed E-state index contributed by atoms with van der Waals surface area (Å²) < 4.78 is 26.3. The maximum Gasteiger partial charge on any atom is 0.512 e. The predicted octanol–water partition coefficient (Wildman–Crippen LogP) is 5.94. The summed E-state index contributed by atoms with van der Waals surface area (Å²) in [7, 11) is 2.11. The van der Waals surface area contributed by atoms with Gasteiger partial charge in [0.15, 0.2) is 0 Å². The molecule has 7 nitrogen and oxygen atoms in total. The van der Waals surface area contributed by atoms with E-state index in [9.17, 15) is 4.79 Å². The molecule has 0 fully saturated rings. The monoisotopic (exact) mass is 601 g/mol. The van der Waals surface area contributed by atoms with Crippen molar-refractivity contribution in [2.75, 3.05) is 40.1 Å².